The van der Waals surface area contributed by atoms with Crippen molar-refractivity contribution in [1.29, 1.82) is 0 Å². The molecule has 6 nitrogen and oxygen atoms in total. The van der Waals surface area contributed by atoms with Gasteiger partial charge in [-0.1, -0.05) is 17.7 Å². The van der Waals surface area contributed by atoms with Crippen LogP contribution in [0.15, 0.2) is 61.1 Å². The number of hydrogen-bond donors (Lipinski definition) is 3. The molecular formula is C19H14ClFN6. The van der Waals surface area contributed by atoms with Crippen LogP contribution in [0.2, 0.25) is 5.02 Å². The van der Waals surface area contributed by atoms with Crippen molar-refractivity contribution in [2.45, 2.75) is 0 Å². The van der Waals surface area contributed by atoms with E-state index in [1.54, 1.807) is 12.3 Å². The van der Waals surface area contributed by atoms with Gasteiger partial charge in [0.2, 0.25) is 0 Å². The van der Waals surface area contributed by atoms with Crippen LogP contribution in [0.4, 0.5) is 33.1 Å². The van der Waals surface area contributed by atoms with Crippen LogP contribution in [0.5, 0.6) is 0 Å². The summed E-state index contributed by atoms with van der Waals surface area (Å²) in [5, 5.41) is 7.19. The van der Waals surface area contributed by atoms with Gasteiger partial charge < -0.3 is 16.4 Å². The third-order valence-corrected chi connectivity index (χ3v) is 4.25. The Morgan fingerprint density at radius 3 is 2.56 bits per heavy atom. The summed E-state index contributed by atoms with van der Waals surface area (Å²) in [5.74, 6) is 0.329. The van der Waals surface area contributed by atoms with Gasteiger partial charge in [0.15, 0.2) is 11.6 Å². The molecule has 0 radical (unpaired) electrons. The Bertz CT molecular complexity index is 1130. The molecule has 8 heteroatoms. The molecule has 0 unspecified atom stereocenters. The highest BCUT2D eigenvalue weighted by Gasteiger charge is 2.11. The first-order valence-corrected chi connectivity index (χ1v) is 8.43. The van der Waals surface area contributed by atoms with Crippen LogP contribution in [-0.4, -0.2) is 15.0 Å². The normalized spacial score (nSPS) is 10.7. The Hall–Kier alpha value is -3.45. The minimum Gasteiger partial charge on any atom is -0.393 e. The summed E-state index contributed by atoms with van der Waals surface area (Å²) < 4.78 is 13.3. The van der Waals surface area contributed by atoms with Crippen LogP contribution in [0.3, 0.4) is 0 Å². The molecule has 134 valence electrons. The molecule has 0 saturated carbocycles. The fourth-order valence-electron chi connectivity index (χ4n) is 2.65. The van der Waals surface area contributed by atoms with Crippen LogP contribution in [0, 0.1) is 5.82 Å². The lowest BCUT2D eigenvalue weighted by atomic mass is 10.2. The molecule has 0 spiro atoms. The molecule has 0 fully saturated rings. The first kappa shape index (κ1) is 17.0. The third-order valence-electron chi connectivity index (χ3n) is 3.97. The first-order chi connectivity index (χ1) is 13.1. The van der Waals surface area contributed by atoms with E-state index in [1.165, 1.54) is 18.5 Å². The van der Waals surface area contributed by atoms with E-state index in [1.807, 2.05) is 30.3 Å². The number of fused-ring (bicyclic) bond motifs is 1. The maximum atomic E-state index is 13.3. The molecule has 4 N–H and O–H groups in total. The second kappa shape index (κ2) is 7.05. The first-order valence-electron chi connectivity index (χ1n) is 8.05. The lowest BCUT2D eigenvalue weighted by Crippen LogP contribution is -2.05. The standard InChI is InChI=1S/C19H14ClFN6/c20-13-9-11(6-7-14(13)21)26-18-17(22)19(25-10-24-18)27-16-5-1-4-15-12(16)3-2-8-23-15/h1-10H,22H2,(H2,24,25,26,27). The summed E-state index contributed by atoms with van der Waals surface area (Å²) in [7, 11) is 0. The second-order valence-electron chi connectivity index (χ2n) is 5.74. The van der Waals surface area contributed by atoms with E-state index in [9.17, 15) is 4.39 Å². The van der Waals surface area contributed by atoms with Crippen molar-refractivity contribution in [3.8, 4) is 0 Å². The molecule has 0 aliphatic carbocycles. The number of anilines is 5. The highest BCUT2D eigenvalue weighted by atomic mass is 35.5. The maximum absolute atomic E-state index is 13.3. The molecule has 2 heterocycles. The summed E-state index contributed by atoms with van der Waals surface area (Å²) in [6.07, 6.45) is 3.12. The van der Waals surface area contributed by atoms with Gasteiger partial charge in [0.25, 0.3) is 0 Å². The zero-order valence-corrected chi connectivity index (χ0v) is 14.7. The van der Waals surface area contributed by atoms with E-state index < -0.39 is 5.82 Å². The average molecular weight is 381 g/mol. The number of nitrogens with zero attached hydrogens (tertiary/aromatic N) is 3. The summed E-state index contributed by atoms with van der Waals surface area (Å²) in [4.78, 5) is 12.7. The van der Waals surface area contributed by atoms with Crippen molar-refractivity contribution in [2.24, 2.45) is 0 Å². The van der Waals surface area contributed by atoms with Crippen molar-refractivity contribution in [3.63, 3.8) is 0 Å². The molecule has 0 amide bonds. The molecular weight excluding hydrogens is 367 g/mol. The van der Waals surface area contributed by atoms with E-state index >= 15 is 0 Å². The minimum absolute atomic E-state index is 0.00855. The Labute approximate surface area is 159 Å². The highest BCUT2D eigenvalue weighted by molar-refractivity contribution is 6.31. The van der Waals surface area contributed by atoms with Gasteiger partial charge in [0.05, 0.1) is 10.5 Å². The Balaban J connectivity index is 1.66. The van der Waals surface area contributed by atoms with Crippen molar-refractivity contribution >= 4 is 51.2 Å². The Morgan fingerprint density at radius 1 is 0.926 bits per heavy atom. The predicted octanol–water partition coefficient (Wildman–Crippen LogP) is 4.89. The van der Waals surface area contributed by atoms with Crippen molar-refractivity contribution in [2.75, 3.05) is 16.4 Å². The van der Waals surface area contributed by atoms with E-state index in [0.717, 1.165) is 16.6 Å². The zero-order valence-electron chi connectivity index (χ0n) is 13.9. The lowest BCUT2D eigenvalue weighted by Gasteiger charge is -2.14. The molecule has 0 aliphatic heterocycles. The quantitative estimate of drug-likeness (QED) is 0.467. The largest absolute Gasteiger partial charge is 0.393 e. The number of halogens is 2. The molecule has 0 aliphatic rings. The SMILES string of the molecule is Nc1c(Nc2ccc(F)c(Cl)c2)ncnc1Nc1cccc2ncccc12. The van der Waals surface area contributed by atoms with Gasteiger partial charge in [0.1, 0.15) is 17.8 Å². The molecule has 0 saturated heterocycles. The Kier molecular flexibility index (Phi) is 4.43. The zero-order chi connectivity index (χ0) is 18.8. The van der Waals surface area contributed by atoms with Gasteiger partial charge in [-0.25, -0.2) is 14.4 Å². The second-order valence-corrected chi connectivity index (χ2v) is 6.15. The van der Waals surface area contributed by atoms with Gasteiger partial charge in [-0.05, 0) is 42.5 Å². The van der Waals surface area contributed by atoms with Crippen LogP contribution < -0.4 is 16.4 Å². The maximum Gasteiger partial charge on any atom is 0.159 e. The fraction of sp³-hybridized carbons (Fsp3) is 0. The van der Waals surface area contributed by atoms with Gasteiger partial charge in [0, 0.05) is 23.0 Å². The number of pyridine rings is 1. The number of aromatic nitrogens is 3. The van der Waals surface area contributed by atoms with Gasteiger partial charge >= 0.3 is 0 Å². The predicted molar refractivity (Wildman–Crippen MR) is 106 cm³/mol. The average Bonchev–Trinajstić information content (AvgIpc) is 2.68. The number of nitrogens with two attached hydrogens (primary N) is 1. The molecule has 2 aromatic heterocycles. The molecule has 0 bridgehead atoms. The molecule has 4 rings (SSSR count). The third kappa shape index (κ3) is 3.45. The van der Waals surface area contributed by atoms with Crippen LogP contribution >= 0.6 is 11.6 Å². The molecule has 4 aromatic rings. The van der Waals surface area contributed by atoms with E-state index in [-0.39, 0.29) is 5.02 Å². The minimum atomic E-state index is -0.496. The highest BCUT2D eigenvalue weighted by Crippen LogP contribution is 2.31. The van der Waals surface area contributed by atoms with E-state index in [0.29, 0.717) is 23.0 Å². The van der Waals surface area contributed by atoms with Crippen LogP contribution in [0.25, 0.3) is 10.9 Å². The summed E-state index contributed by atoms with van der Waals surface area (Å²) in [6.45, 7) is 0. The lowest BCUT2D eigenvalue weighted by molar-refractivity contribution is 0.628. The number of nitrogens with one attached hydrogen (secondary N) is 2. The topological polar surface area (TPSA) is 88.8 Å². The van der Waals surface area contributed by atoms with Crippen LogP contribution in [0.1, 0.15) is 0 Å². The monoisotopic (exact) mass is 380 g/mol. The fourth-order valence-corrected chi connectivity index (χ4v) is 2.83. The number of benzene rings is 2. The van der Waals surface area contributed by atoms with Crippen LogP contribution in [-0.2, 0) is 0 Å². The molecule has 27 heavy (non-hydrogen) atoms. The number of nitrogen functional groups attached to an aromatic ring is 1. The summed E-state index contributed by atoms with van der Waals surface area (Å²) in [6, 6.07) is 13.8. The van der Waals surface area contributed by atoms with E-state index in [2.05, 4.69) is 25.6 Å². The molecule has 0 atom stereocenters. The van der Waals surface area contributed by atoms with Gasteiger partial charge in [-0.15, -0.1) is 0 Å². The van der Waals surface area contributed by atoms with Gasteiger partial charge in [-0.3, -0.25) is 4.98 Å². The van der Waals surface area contributed by atoms with E-state index in [4.69, 9.17) is 17.3 Å². The van der Waals surface area contributed by atoms with Crippen molar-refractivity contribution in [1.82, 2.24) is 15.0 Å². The smallest absolute Gasteiger partial charge is 0.159 e. The number of hydrogen-bond acceptors (Lipinski definition) is 6. The van der Waals surface area contributed by atoms with Gasteiger partial charge in [-0.2, -0.15) is 0 Å². The van der Waals surface area contributed by atoms with Crippen molar-refractivity contribution < 1.29 is 4.39 Å². The van der Waals surface area contributed by atoms with Crippen molar-refractivity contribution in [3.05, 3.63) is 71.9 Å². The summed E-state index contributed by atoms with van der Waals surface area (Å²) >= 11 is 5.82. The Morgan fingerprint density at radius 2 is 1.74 bits per heavy atom. The molecule has 2 aromatic carbocycles. The number of rotatable bonds is 4. The summed E-state index contributed by atoms with van der Waals surface area (Å²) in [5.41, 5.74) is 8.78.